The summed E-state index contributed by atoms with van der Waals surface area (Å²) in [5, 5.41) is 11.9. The van der Waals surface area contributed by atoms with Crippen molar-refractivity contribution in [1.82, 2.24) is 10.2 Å². The van der Waals surface area contributed by atoms with Crippen molar-refractivity contribution < 1.29 is 14.7 Å². The number of hydrogen-bond donors (Lipinski definition) is 2. The van der Waals surface area contributed by atoms with Gasteiger partial charge in [-0.2, -0.15) is 0 Å². The molecule has 18 heavy (non-hydrogen) atoms. The van der Waals surface area contributed by atoms with Crippen LogP contribution in [0.1, 0.15) is 45.4 Å². The average molecular weight is 254 g/mol. The zero-order chi connectivity index (χ0) is 13.1. The first-order valence-corrected chi connectivity index (χ1v) is 6.83. The van der Waals surface area contributed by atoms with Crippen molar-refractivity contribution >= 4 is 11.9 Å². The zero-order valence-electron chi connectivity index (χ0n) is 10.9. The van der Waals surface area contributed by atoms with Gasteiger partial charge in [-0.1, -0.05) is 12.8 Å². The highest BCUT2D eigenvalue weighted by Gasteiger charge is 2.39. The number of rotatable bonds is 5. The van der Waals surface area contributed by atoms with Crippen molar-refractivity contribution in [2.75, 3.05) is 6.54 Å². The van der Waals surface area contributed by atoms with E-state index in [9.17, 15) is 9.59 Å². The first-order chi connectivity index (χ1) is 8.59. The van der Waals surface area contributed by atoms with Crippen LogP contribution in [-0.4, -0.2) is 46.6 Å². The van der Waals surface area contributed by atoms with Crippen LogP contribution in [0.15, 0.2) is 0 Å². The van der Waals surface area contributed by atoms with Gasteiger partial charge in [0.2, 0.25) is 5.91 Å². The van der Waals surface area contributed by atoms with Gasteiger partial charge in [-0.15, -0.1) is 0 Å². The van der Waals surface area contributed by atoms with Crippen LogP contribution in [0.3, 0.4) is 0 Å². The molecule has 2 rings (SSSR count). The van der Waals surface area contributed by atoms with Crippen molar-refractivity contribution in [2.45, 2.75) is 63.6 Å². The minimum absolute atomic E-state index is 0.0163. The normalized spacial score (nSPS) is 27.8. The molecule has 2 atom stereocenters. The molecule has 2 N–H and O–H groups in total. The highest BCUT2D eigenvalue weighted by molar-refractivity contribution is 5.74. The molecule has 0 unspecified atom stereocenters. The molecule has 5 nitrogen and oxygen atoms in total. The Kier molecular flexibility index (Phi) is 4.22. The fourth-order valence-electron chi connectivity index (χ4n) is 3.01. The lowest BCUT2D eigenvalue weighted by Gasteiger charge is -2.40. The Morgan fingerprint density at radius 3 is 2.44 bits per heavy atom. The molecule has 0 saturated heterocycles. The maximum atomic E-state index is 11.8. The van der Waals surface area contributed by atoms with Crippen molar-refractivity contribution in [3.05, 3.63) is 0 Å². The topological polar surface area (TPSA) is 69.6 Å². The van der Waals surface area contributed by atoms with E-state index in [1.807, 2.05) is 4.90 Å². The number of carbonyl (C=O) groups is 2. The lowest BCUT2D eigenvalue weighted by atomic mass is 9.88. The molecule has 102 valence electrons. The number of hydrogen-bond acceptors (Lipinski definition) is 3. The number of carboxylic acids is 1. The van der Waals surface area contributed by atoms with Gasteiger partial charge in [0, 0.05) is 25.0 Å². The summed E-state index contributed by atoms with van der Waals surface area (Å²) in [6.07, 6.45) is 6.40. The van der Waals surface area contributed by atoms with Crippen LogP contribution >= 0.6 is 0 Å². The van der Waals surface area contributed by atoms with E-state index in [4.69, 9.17) is 5.11 Å². The van der Waals surface area contributed by atoms with Gasteiger partial charge < -0.3 is 15.3 Å². The van der Waals surface area contributed by atoms with E-state index in [1.54, 1.807) is 6.92 Å². The van der Waals surface area contributed by atoms with Gasteiger partial charge in [0.05, 0.1) is 6.54 Å². The van der Waals surface area contributed by atoms with E-state index >= 15 is 0 Å². The van der Waals surface area contributed by atoms with E-state index in [-0.39, 0.29) is 24.5 Å². The summed E-state index contributed by atoms with van der Waals surface area (Å²) in [6, 6.07) is 0.724. The molecule has 1 amide bonds. The molecule has 0 aliphatic heterocycles. The molecule has 2 aliphatic rings. The summed E-state index contributed by atoms with van der Waals surface area (Å²) in [4.78, 5) is 24.4. The van der Waals surface area contributed by atoms with Gasteiger partial charge in [0.25, 0.3) is 0 Å². The summed E-state index contributed by atoms with van der Waals surface area (Å²) in [5.41, 5.74) is 0. The van der Waals surface area contributed by atoms with E-state index in [0.717, 1.165) is 38.5 Å². The minimum Gasteiger partial charge on any atom is -0.480 e. The van der Waals surface area contributed by atoms with Crippen molar-refractivity contribution in [1.29, 1.82) is 0 Å². The molecule has 0 radical (unpaired) electrons. The largest absolute Gasteiger partial charge is 0.480 e. The first kappa shape index (κ1) is 13.3. The number of carboxylic acid groups (broad SMARTS) is 1. The van der Waals surface area contributed by atoms with Crippen molar-refractivity contribution in [2.24, 2.45) is 0 Å². The monoisotopic (exact) mass is 254 g/mol. The van der Waals surface area contributed by atoms with Gasteiger partial charge in [0.1, 0.15) is 0 Å². The second-order valence-corrected chi connectivity index (χ2v) is 5.39. The number of aliphatic carboxylic acids is 1. The predicted molar refractivity (Wildman–Crippen MR) is 67.2 cm³/mol. The zero-order valence-corrected chi connectivity index (χ0v) is 10.9. The second kappa shape index (κ2) is 5.69. The summed E-state index contributed by atoms with van der Waals surface area (Å²) < 4.78 is 0. The van der Waals surface area contributed by atoms with E-state index < -0.39 is 5.97 Å². The number of carbonyl (C=O) groups excluding carboxylic acids is 1. The third-order valence-electron chi connectivity index (χ3n) is 3.91. The molecule has 5 heteroatoms. The van der Waals surface area contributed by atoms with Crippen LogP contribution in [0.25, 0.3) is 0 Å². The molecule has 2 saturated carbocycles. The number of nitrogens with one attached hydrogen (secondary N) is 1. The number of amides is 1. The Morgan fingerprint density at radius 2 is 1.89 bits per heavy atom. The second-order valence-electron chi connectivity index (χ2n) is 5.39. The van der Waals surface area contributed by atoms with Crippen molar-refractivity contribution in [3.63, 3.8) is 0 Å². The van der Waals surface area contributed by atoms with Gasteiger partial charge in [-0.05, 0) is 25.7 Å². The highest BCUT2D eigenvalue weighted by Crippen LogP contribution is 2.33. The smallest absolute Gasteiger partial charge is 0.317 e. The van der Waals surface area contributed by atoms with E-state index in [0.29, 0.717) is 6.04 Å². The molecule has 0 aromatic heterocycles. The molecule has 0 aromatic carbocycles. The minimum atomic E-state index is -0.833. The van der Waals surface area contributed by atoms with Gasteiger partial charge in [-0.25, -0.2) is 0 Å². The predicted octanol–water partition coefficient (Wildman–Crippen LogP) is 0.983. The Labute approximate surface area is 108 Å². The summed E-state index contributed by atoms with van der Waals surface area (Å²) in [7, 11) is 0. The molecule has 0 bridgehead atoms. The highest BCUT2D eigenvalue weighted by atomic mass is 16.4. The third kappa shape index (κ3) is 3.22. The lowest BCUT2D eigenvalue weighted by molar-refractivity contribution is -0.136. The standard InChI is InChI=1S/C13H22N2O3/c1-9(16)15(10-6-7-10)12-5-3-2-4-11(12)14-8-13(17)18/h10-12,14H,2-8H2,1H3,(H,17,18)/t11-,12+/m0/s1. The fourth-order valence-corrected chi connectivity index (χ4v) is 3.01. The van der Waals surface area contributed by atoms with E-state index in [2.05, 4.69) is 5.32 Å². The molecule has 2 aliphatic carbocycles. The molecular weight excluding hydrogens is 232 g/mol. The Hall–Kier alpha value is -1.10. The maximum absolute atomic E-state index is 11.8. The van der Waals surface area contributed by atoms with E-state index in [1.165, 1.54) is 0 Å². The molecule has 0 spiro atoms. The average Bonchev–Trinajstić information content (AvgIpc) is 3.12. The third-order valence-corrected chi connectivity index (χ3v) is 3.91. The first-order valence-electron chi connectivity index (χ1n) is 6.83. The quantitative estimate of drug-likeness (QED) is 0.767. The van der Waals surface area contributed by atoms with Crippen LogP contribution < -0.4 is 5.32 Å². The van der Waals surface area contributed by atoms with Gasteiger partial charge in [-0.3, -0.25) is 9.59 Å². The molecule has 2 fully saturated rings. The van der Waals surface area contributed by atoms with Crippen LogP contribution in [0.2, 0.25) is 0 Å². The SMILES string of the molecule is CC(=O)N(C1CC1)[C@@H]1CCCC[C@@H]1NCC(=O)O. The summed E-state index contributed by atoms with van der Waals surface area (Å²) >= 11 is 0. The van der Waals surface area contributed by atoms with Crippen LogP contribution in [0, 0.1) is 0 Å². The van der Waals surface area contributed by atoms with Crippen molar-refractivity contribution in [3.8, 4) is 0 Å². The fraction of sp³-hybridized carbons (Fsp3) is 0.846. The van der Waals surface area contributed by atoms with Crippen LogP contribution in [0.4, 0.5) is 0 Å². The lowest BCUT2D eigenvalue weighted by Crippen LogP contribution is -2.54. The van der Waals surface area contributed by atoms with Crippen LogP contribution in [-0.2, 0) is 9.59 Å². The Morgan fingerprint density at radius 1 is 1.22 bits per heavy atom. The molecule has 0 aromatic rings. The summed E-state index contributed by atoms with van der Waals surface area (Å²) in [5.74, 6) is -0.702. The van der Waals surface area contributed by atoms with Gasteiger partial charge in [0.15, 0.2) is 0 Å². The Bertz CT molecular complexity index is 328. The number of nitrogens with zero attached hydrogens (tertiary/aromatic N) is 1. The maximum Gasteiger partial charge on any atom is 0.317 e. The molecular formula is C13H22N2O3. The van der Waals surface area contributed by atoms with Gasteiger partial charge >= 0.3 is 5.97 Å². The van der Waals surface area contributed by atoms with Crippen LogP contribution in [0.5, 0.6) is 0 Å². The molecule has 0 heterocycles. The Balaban J connectivity index is 2.01. The summed E-state index contributed by atoms with van der Waals surface area (Å²) in [6.45, 7) is 1.61.